The highest BCUT2D eigenvalue weighted by Crippen LogP contribution is 2.18. The highest BCUT2D eigenvalue weighted by atomic mass is 79.9. The van der Waals surface area contributed by atoms with Gasteiger partial charge in [0.25, 0.3) is 5.91 Å². The molecule has 1 aromatic rings. The van der Waals surface area contributed by atoms with Crippen LogP contribution >= 0.6 is 15.9 Å². The first-order valence-electron chi connectivity index (χ1n) is 5.59. The fourth-order valence-electron chi connectivity index (χ4n) is 1.37. The molecular formula is C12H16BrFN2O. The van der Waals surface area contributed by atoms with E-state index in [-0.39, 0.29) is 11.5 Å². The lowest BCUT2D eigenvalue weighted by Gasteiger charge is -2.07. The van der Waals surface area contributed by atoms with Crippen molar-refractivity contribution in [3.8, 4) is 0 Å². The summed E-state index contributed by atoms with van der Waals surface area (Å²) in [7, 11) is 0. The number of amides is 1. The molecule has 2 N–H and O–H groups in total. The molecule has 0 aliphatic heterocycles. The second-order valence-corrected chi connectivity index (χ2v) is 4.42. The fourth-order valence-corrected chi connectivity index (χ4v) is 1.73. The Morgan fingerprint density at radius 3 is 2.88 bits per heavy atom. The van der Waals surface area contributed by atoms with Gasteiger partial charge in [-0.3, -0.25) is 4.79 Å². The number of carbonyl (C=O) groups is 1. The quantitative estimate of drug-likeness (QED) is 0.792. The maximum absolute atomic E-state index is 13.6. The molecule has 0 unspecified atom stereocenters. The fraction of sp³-hybridized carbons (Fsp3) is 0.417. The second-order valence-electron chi connectivity index (χ2n) is 3.56. The molecule has 0 bridgehead atoms. The van der Waals surface area contributed by atoms with Crippen molar-refractivity contribution in [1.82, 2.24) is 10.6 Å². The molecule has 5 heteroatoms. The molecule has 0 heterocycles. The molecule has 94 valence electrons. The Kier molecular flexibility index (Phi) is 6.15. The first-order chi connectivity index (χ1) is 8.16. The average Bonchev–Trinajstić information content (AvgIpc) is 2.32. The lowest BCUT2D eigenvalue weighted by molar-refractivity contribution is 0.0949. The van der Waals surface area contributed by atoms with Crippen molar-refractivity contribution in [2.75, 3.05) is 19.6 Å². The van der Waals surface area contributed by atoms with Crippen LogP contribution in [0.3, 0.4) is 0 Å². The zero-order valence-electron chi connectivity index (χ0n) is 9.72. The molecule has 0 saturated heterocycles. The van der Waals surface area contributed by atoms with Crippen LogP contribution < -0.4 is 10.6 Å². The van der Waals surface area contributed by atoms with Gasteiger partial charge in [-0.25, -0.2) is 4.39 Å². The largest absolute Gasteiger partial charge is 0.352 e. The lowest BCUT2D eigenvalue weighted by atomic mass is 10.2. The molecule has 17 heavy (non-hydrogen) atoms. The lowest BCUT2D eigenvalue weighted by Crippen LogP contribution is -2.28. The van der Waals surface area contributed by atoms with Crippen LogP contribution in [0.1, 0.15) is 23.7 Å². The Morgan fingerprint density at radius 2 is 2.18 bits per heavy atom. The second kappa shape index (κ2) is 7.40. The van der Waals surface area contributed by atoms with Crippen molar-refractivity contribution < 1.29 is 9.18 Å². The Morgan fingerprint density at radius 1 is 1.41 bits per heavy atom. The minimum absolute atomic E-state index is 0.0721. The SMILES string of the molecule is CCNCCCNC(=O)c1cccc(Br)c1F. The summed E-state index contributed by atoms with van der Waals surface area (Å²) >= 11 is 3.05. The van der Waals surface area contributed by atoms with Crippen molar-refractivity contribution in [2.24, 2.45) is 0 Å². The standard InChI is InChI=1S/C12H16BrFN2O/c1-2-15-7-4-8-16-12(17)9-5-3-6-10(13)11(9)14/h3,5-6,15H,2,4,7-8H2,1H3,(H,16,17). The van der Waals surface area contributed by atoms with Crippen molar-refractivity contribution in [3.05, 3.63) is 34.1 Å². The summed E-state index contributed by atoms with van der Waals surface area (Å²) in [5, 5.41) is 5.84. The summed E-state index contributed by atoms with van der Waals surface area (Å²) < 4.78 is 13.9. The van der Waals surface area contributed by atoms with Gasteiger partial charge in [-0.1, -0.05) is 13.0 Å². The highest BCUT2D eigenvalue weighted by Gasteiger charge is 2.12. The third-order valence-corrected chi connectivity index (χ3v) is 2.87. The van der Waals surface area contributed by atoms with E-state index in [2.05, 4.69) is 26.6 Å². The molecular weight excluding hydrogens is 287 g/mol. The number of hydrogen-bond acceptors (Lipinski definition) is 2. The topological polar surface area (TPSA) is 41.1 Å². The van der Waals surface area contributed by atoms with Crippen LogP contribution in [-0.4, -0.2) is 25.5 Å². The molecule has 0 atom stereocenters. The monoisotopic (exact) mass is 302 g/mol. The molecule has 3 nitrogen and oxygen atoms in total. The van der Waals surface area contributed by atoms with E-state index in [0.717, 1.165) is 19.5 Å². The van der Waals surface area contributed by atoms with Crippen molar-refractivity contribution in [3.63, 3.8) is 0 Å². The normalized spacial score (nSPS) is 10.3. The smallest absolute Gasteiger partial charge is 0.254 e. The van der Waals surface area contributed by atoms with E-state index >= 15 is 0 Å². The summed E-state index contributed by atoms with van der Waals surface area (Å²) in [4.78, 5) is 11.7. The molecule has 0 fully saturated rings. The number of rotatable bonds is 6. The summed E-state index contributed by atoms with van der Waals surface area (Å²) in [5.74, 6) is -0.892. The van der Waals surface area contributed by atoms with Gasteiger partial charge >= 0.3 is 0 Å². The molecule has 0 radical (unpaired) electrons. The molecule has 1 amide bonds. The van der Waals surface area contributed by atoms with Gasteiger partial charge in [-0.15, -0.1) is 0 Å². The van der Waals surface area contributed by atoms with E-state index in [0.29, 0.717) is 11.0 Å². The molecule has 0 aliphatic carbocycles. The van der Waals surface area contributed by atoms with Crippen LogP contribution in [0.4, 0.5) is 4.39 Å². The predicted molar refractivity (Wildman–Crippen MR) is 69.6 cm³/mol. The Hall–Kier alpha value is -0.940. The average molecular weight is 303 g/mol. The molecule has 0 saturated carbocycles. The summed E-state index contributed by atoms with van der Waals surface area (Å²) in [6.07, 6.45) is 0.829. The Bertz CT molecular complexity index is 385. The van der Waals surface area contributed by atoms with Gasteiger partial charge < -0.3 is 10.6 Å². The summed E-state index contributed by atoms with van der Waals surface area (Å²) in [6.45, 7) is 4.32. The Labute approximate surface area is 109 Å². The van der Waals surface area contributed by atoms with Gasteiger partial charge in [0.05, 0.1) is 10.0 Å². The van der Waals surface area contributed by atoms with Gasteiger partial charge in [-0.05, 0) is 47.6 Å². The molecule has 0 aliphatic rings. The van der Waals surface area contributed by atoms with Crippen LogP contribution in [0.15, 0.2) is 22.7 Å². The van der Waals surface area contributed by atoms with E-state index in [1.165, 1.54) is 6.07 Å². The van der Waals surface area contributed by atoms with Crippen molar-refractivity contribution in [1.29, 1.82) is 0 Å². The van der Waals surface area contributed by atoms with Gasteiger partial charge in [0.1, 0.15) is 5.82 Å². The van der Waals surface area contributed by atoms with Crippen LogP contribution in [0.5, 0.6) is 0 Å². The third kappa shape index (κ3) is 4.44. The zero-order valence-corrected chi connectivity index (χ0v) is 11.3. The van der Waals surface area contributed by atoms with Crippen LogP contribution in [0, 0.1) is 5.82 Å². The number of hydrogen-bond donors (Lipinski definition) is 2. The summed E-state index contributed by atoms with van der Waals surface area (Å²) in [5.41, 5.74) is 0.0721. The highest BCUT2D eigenvalue weighted by molar-refractivity contribution is 9.10. The first-order valence-corrected chi connectivity index (χ1v) is 6.39. The van der Waals surface area contributed by atoms with E-state index in [1.54, 1.807) is 12.1 Å². The van der Waals surface area contributed by atoms with E-state index in [1.807, 2.05) is 6.92 Å². The Balaban J connectivity index is 2.44. The summed E-state index contributed by atoms with van der Waals surface area (Å²) in [6, 6.07) is 4.68. The number of halogens is 2. The number of carbonyl (C=O) groups excluding carboxylic acids is 1. The molecule has 0 aromatic heterocycles. The molecule has 1 rings (SSSR count). The minimum Gasteiger partial charge on any atom is -0.352 e. The van der Waals surface area contributed by atoms with E-state index in [4.69, 9.17) is 0 Å². The van der Waals surface area contributed by atoms with E-state index < -0.39 is 5.82 Å². The van der Waals surface area contributed by atoms with Gasteiger partial charge in [0.2, 0.25) is 0 Å². The minimum atomic E-state index is -0.517. The van der Waals surface area contributed by atoms with Crippen molar-refractivity contribution >= 4 is 21.8 Å². The molecule has 0 spiro atoms. The number of benzene rings is 1. The van der Waals surface area contributed by atoms with Gasteiger partial charge in [-0.2, -0.15) is 0 Å². The maximum Gasteiger partial charge on any atom is 0.254 e. The molecule has 1 aromatic carbocycles. The van der Waals surface area contributed by atoms with Gasteiger partial charge in [0, 0.05) is 6.54 Å². The van der Waals surface area contributed by atoms with Gasteiger partial charge in [0.15, 0.2) is 0 Å². The van der Waals surface area contributed by atoms with Crippen LogP contribution in [0.25, 0.3) is 0 Å². The van der Waals surface area contributed by atoms with Crippen LogP contribution in [0.2, 0.25) is 0 Å². The number of nitrogens with one attached hydrogen (secondary N) is 2. The van der Waals surface area contributed by atoms with Crippen LogP contribution in [-0.2, 0) is 0 Å². The third-order valence-electron chi connectivity index (χ3n) is 2.26. The zero-order chi connectivity index (χ0) is 12.7. The first kappa shape index (κ1) is 14.1. The predicted octanol–water partition coefficient (Wildman–Crippen LogP) is 2.32. The van der Waals surface area contributed by atoms with E-state index in [9.17, 15) is 9.18 Å². The van der Waals surface area contributed by atoms with Crippen molar-refractivity contribution in [2.45, 2.75) is 13.3 Å². The maximum atomic E-state index is 13.6.